The summed E-state index contributed by atoms with van der Waals surface area (Å²) < 4.78 is 0. The lowest BCUT2D eigenvalue weighted by Crippen LogP contribution is -2.38. The van der Waals surface area contributed by atoms with Crippen LogP contribution >= 0.6 is 0 Å². The van der Waals surface area contributed by atoms with Crippen LogP contribution in [-0.4, -0.2) is 69.5 Å². The van der Waals surface area contributed by atoms with Gasteiger partial charge in [-0.05, 0) is 50.6 Å². The summed E-state index contributed by atoms with van der Waals surface area (Å²) in [7, 11) is 2.21. The van der Waals surface area contributed by atoms with Gasteiger partial charge in [0.2, 0.25) is 6.04 Å². The Labute approximate surface area is 169 Å². The fraction of sp³-hybridized carbons (Fsp3) is 0.526. The van der Waals surface area contributed by atoms with Crippen LogP contribution in [0.2, 0.25) is 0 Å². The molecule has 29 heavy (non-hydrogen) atoms. The van der Waals surface area contributed by atoms with Gasteiger partial charge in [0.05, 0.1) is 0 Å². The van der Waals surface area contributed by atoms with Crippen LogP contribution in [0.25, 0.3) is 0 Å². The Hall–Kier alpha value is -2.85. The van der Waals surface area contributed by atoms with Crippen LogP contribution in [0, 0.1) is 0 Å². The first-order valence-corrected chi connectivity index (χ1v) is 9.12. The van der Waals surface area contributed by atoms with Gasteiger partial charge in [0.1, 0.15) is 5.75 Å². The Morgan fingerprint density at radius 2 is 1.72 bits per heavy atom. The first-order chi connectivity index (χ1) is 13.4. The maximum Gasteiger partial charge on any atom is 0.402 e. The lowest BCUT2D eigenvalue weighted by atomic mass is 9.74. The number of phenolic OH excluding ortho intramolecular Hbond substituents is 1. The molecule has 1 amide bonds. The quantitative estimate of drug-likeness (QED) is 0.395. The van der Waals surface area contributed by atoms with E-state index in [2.05, 4.69) is 36.4 Å². The van der Waals surface area contributed by atoms with Crippen LogP contribution in [0.4, 0.5) is 4.79 Å². The summed E-state index contributed by atoms with van der Waals surface area (Å²) in [6.45, 7) is 4.57. The molecule has 1 heterocycles. The van der Waals surface area contributed by atoms with Crippen LogP contribution in [0.15, 0.2) is 24.3 Å². The average Bonchev–Trinajstić information content (AvgIpc) is 2.83. The zero-order valence-corrected chi connectivity index (χ0v) is 16.7. The number of phenols is 1. The molecule has 8 N–H and O–H groups in total. The molecule has 1 unspecified atom stereocenters. The molecule has 164 valence electrons. The van der Waals surface area contributed by atoms with E-state index in [0.717, 1.165) is 13.0 Å². The van der Waals surface area contributed by atoms with Crippen molar-refractivity contribution in [2.24, 2.45) is 11.5 Å². The van der Waals surface area contributed by atoms with E-state index in [1.165, 1.54) is 31.4 Å². The van der Waals surface area contributed by atoms with Gasteiger partial charge in [-0.15, -0.1) is 0 Å². The van der Waals surface area contributed by atoms with Crippen molar-refractivity contribution < 1.29 is 34.8 Å². The van der Waals surface area contributed by atoms with Gasteiger partial charge in [-0.1, -0.05) is 25.5 Å². The molecule has 1 fully saturated rings. The number of nitrogens with two attached hydrogens (primary N) is 2. The van der Waals surface area contributed by atoms with Crippen molar-refractivity contribution in [1.82, 2.24) is 4.90 Å². The van der Waals surface area contributed by atoms with Gasteiger partial charge in [-0.25, -0.2) is 14.4 Å². The number of aromatic hydroxyl groups is 1. The molecule has 0 saturated carbocycles. The van der Waals surface area contributed by atoms with E-state index >= 15 is 0 Å². The first-order valence-electron chi connectivity index (χ1n) is 9.12. The molecule has 0 aromatic heterocycles. The molecular formula is C19H31N3O7. The second kappa shape index (κ2) is 12.6. The predicted molar refractivity (Wildman–Crippen MR) is 107 cm³/mol. The number of nitrogens with zero attached hydrogens (tertiary/aromatic N) is 1. The minimum absolute atomic E-state index is 0.226. The second-order valence-electron chi connectivity index (χ2n) is 6.87. The number of hydrogen-bond donors (Lipinski definition) is 6. The SMILES string of the molecule is CCC1(c2cccc(O)c2)CCCCN(C)C1.NC(=O)O.NC(C(=O)O)C(=O)O. The zero-order valence-electron chi connectivity index (χ0n) is 16.7. The summed E-state index contributed by atoms with van der Waals surface area (Å²) in [5, 5.41) is 32.6. The number of rotatable bonds is 4. The molecule has 0 aliphatic carbocycles. The fourth-order valence-electron chi connectivity index (χ4n) is 3.19. The highest BCUT2D eigenvalue weighted by atomic mass is 16.4. The number of likely N-dealkylation sites (tertiary alicyclic amines) is 1. The highest BCUT2D eigenvalue weighted by Crippen LogP contribution is 2.37. The van der Waals surface area contributed by atoms with Gasteiger partial charge >= 0.3 is 18.0 Å². The molecule has 1 saturated heterocycles. The number of carboxylic acid groups (broad SMARTS) is 3. The predicted octanol–water partition coefficient (Wildman–Crippen LogP) is 1.26. The molecule has 2 rings (SSSR count). The summed E-state index contributed by atoms with van der Waals surface area (Å²) in [6, 6.07) is 6.04. The van der Waals surface area contributed by atoms with E-state index in [4.69, 9.17) is 20.1 Å². The maximum absolute atomic E-state index is 9.68. The normalized spacial score (nSPS) is 19.0. The Kier molecular flexibility index (Phi) is 11.3. The van der Waals surface area contributed by atoms with Crippen molar-refractivity contribution in [2.75, 3.05) is 20.1 Å². The number of amides is 1. The molecule has 1 aliphatic heterocycles. The minimum Gasteiger partial charge on any atom is -0.508 e. The average molecular weight is 413 g/mol. The van der Waals surface area contributed by atoms with Gasteiger partial charge in [0.25, 0.3) is 0 Å². The molecule has 10 nitrogen and oxygen atoms in total. The molecule has 0 spiro atoms. The largest absolute Gasteiger partial charge is 0.508 e. The minimum atomic E-state index is -1.80. The van der Waals surface area contributed by atoms with E-state index in [-0.39, 0.29) is 5.41 Å². The summed E-state index contributed by atoms with van der Waals surface area (Å²) in [5.41, 5.74) is 10.1. The summed E-state index contributed by atoms with van der Waals surface area (Å²) in [6.07, 6.45) is 3.61. The molecule has 1 atom stereocenters. The Morgan fingerprint density at radius 1 is 1.17 bits per heavy atom. The topological polar surface area (TPSA) is 187 Å². The standard InChI is InChI=1S/C15H23NO.C3H5NO4.CH3NO2/c1-3-15(9-4-5-10-16(2)12-15)13-7-6-8-14(17)11-13;4-1(2(5)6)3(7)8;2-1(3)4/h6-8,11,17H,3-5,9-10,12H2,1-2H3;1H,4H2,(H,5,6)(H,7,8);2H2,(H,3,4). The van der Waals surface area contributed by atoms with Crippen LogP contribution in [0.3, 0.4) is 0 Å². The van der Waals surface area contributed by atoms with E-state index in [1.807, 2.05) is 12.1 Å². The monoisotopic (exact) mass is 413 g/mol. The van der Waals surface area contributed by atoms with Crippen molar-refractivity contribution in [1.29, 1.82) is 0 Å². The van der Waals surface area contributed by atoms with Crippen LogP contribution in [-0.2, 0) is 15.0 Å². The number of likely N-dealkylation sites (N-methyl/N-ethyl adjacent to an activating group) is 1. The Bertz CT molecular complexity index is 666. The number of aliphatic carboxylic acids is 2. The number of carbonyl (C=O) groups is 3. The molecule has 0 radical (unpaired) electrons. The highest BCUT2D eigenvalue weighted by molar-refractivity contribution is 5.96. The van der Waals surface area contributed by atoms with Gasteiger partial charge in [-0.2, -0.15) is 0 Å². The smallest absolute Gasteiger partial charge is 0.402 e. The fourth-order valence-corrected chi connectivity index (χ4v) is 3.19. The highest BCUT2D eigenvalue weighted by Gasteiger charge is 2.33. The summed E-state index contributed by atoms with van der Waals surface area (Å²) in [4.78, 5) is 30.5. The summed E-state index contributed by atoms with van der Waals surface area (Å²) >= 11 is 0. The lowest BCUT2D eigenvalue weighted by Gasteiger charge is -2.35. The third-order valence-electron chi connectivity index (χ3n) is 4.69. The van der Waals surface area contributed by atoms with Crippen molar-refractivity contribution in [3.05, 3.63) is 29.8 Å². The molecule has 1 aliphatic rings. The van der Waals surface area contributed by atoms with E-state index in [9.17, 15) is 14.7 Å². The van der Waals surface area contributed by atoms with E-state index in [0.29, 0.717) is 5.75 Å². The zero-order chi connectivity index (χ0) is 22.6. The van der Waals surface area contributed by atoms with E-state index in [1.54, 1.807) is 6.07 Å². The number of benzene rings is 1. The molecule has 10 heteroatoms. The van der Waals surface area contributed by atoms with Crippen molar-refractivity contribution in [3.8, 4) is 5.75 Å². The van der Waals surface area contributed by atoms with Gasteiger partial charge in [0, 0.05) is 12.0 Å². The Morgan fingerprint density at radius 3 is 2.14 bits per heavy atom. The number of carboxylic acids is 2. The molecular weight excluding hydrogens is 382 g/mol. The summed E-state index contributed by atoms with van der Waals surface area (Å²) in [5.74, 6) is -2.67. The molecule has 0 bridgehead atoms. The Balaban J connectivity index is 0.000000547. The molecule has 1 aromatic carbocycles. The van der Waals surface area contributed by atoms with Gasteiger partial charge in [0.15, 0.2) is 0 Å². The molecule has 1 aromatic rings. The van der Waals surface area contributed by atoms with Crippen molar-refractivity contribution >= 4 is 18.0 Å². The van der Waals surface area contributed by atoms with Crippen molar-refractivity contribution in [2.45, 2.75) is 44.1 Å². The van der Waals surface area contributed by atoms with Crippen molar-refractivity contribution in [3.63, 3.8) is 0 Å². The maximum atomic E-state index is 9.68. The number of primary amides is 1. The van der Waals surface area contributed by atoms with Gasteiger partial charge in [-0.3, -0.25) is 0 Å². The van der Waals surface area contributed by atoms with E-state index < -0.39 is 24.1 Å². The third-order valence-corrected chi connectivity index (χ3v) is 4.69. The number of hydrogen-bond acceptors (Lipinski definition) is 6. The second-order valence-corrected chi connectivity index (χ2v) is 6.87. The van der Waals surface area contributed by atoms with Crippen LogP contribution in [0.5, 0.6) is 5.75 Å². The van der Waals surface area contributed by atoms with Crippen LogP contribution in [0.1, 0.15) is 38.2 Å². The van der Waals surface area contributed by atoms with Crippen LogP contribution < -0.4 is 11.5 Å². The van der Waals surface area contributed by atoms with Gasteiger partial charge < -0.3 is 36.8 Å². The lowest BCUT2D eigenvalue weighted by molar-refractivity contribution is -0.149. The third kappa shape index (κ3) is 9.77. The first kappa shape index (κ1) is 26.1.